The first-order valence-corrected chi connectivity index (χ1v) is 16.2. The number of allylic oxidation sites excluding steroid dienone is 2. The van der Waals surface area contributed by atoms with Gasteiger partial charge in [0.15, 0.2) is 5.83 Å². The van der Waals surface area contributed by atoms with Crippen LogP contribution in [0.3, 0.4) is 0 Å². The second-order valence-corrected chi connectivity index (χ2v) is 13.9. The molecule has 3 fully saturated rings. The topological polar surface area (TPSA) is 85.6 Å². The maximum absolute atomic E-state index is 14.5. The molecule has 1 aromatic heterocycles. The summed E-state index contributed by atoms with van der Waals surface area (Å²) in [5, 5.41) is 10.2. The van der Waals surface area contributed by atoms with Crippen molar-refractivity contribution in [2.24, 2.45) is 0 Å². The molecule has 5 aliphatic rings. The van der Waals surface area contributed by atoms with Gasteiger partial charge in [0.2, 0.25) is 0 Å². The number of ether oxygens (including phenoxy) is 1. The summed E-state index contributed by atoms with van der Waals surface area (Å²) >= 11 is 6.65. The highest BCUT2D eigenvalue weighted by molar-refractivity contribution is 6.32. The molecule has 0 N–H and O–H groups in total. The Balaban J connectivity index is 1.25. The number of benzene rings is 1. The van der Waals surface area contributed by atoms with Gasteiger partial charge in [-0.3, -0.25) is 9.69 Å². The molecule has 3 saturated heterocycles. The zero-order valence-corrected chi connectivity index (χ0v) is 26.6. The molecule has 7 rings (SSSR count). The lowest BCUT2D eigenvalue weighted by Gasteiger charge is -2.42. The number of amides is 1. The SMILES string of the molecule is C=C(F)C(=O)N1CCN(c2nc(OCC34CCCN3CC(F)(F)C4)nc3c2CC[C@]2(C=C(C)c4c(Cl)cccc42)C3)C[C@@H]1CC#N. The van der Waals surface area contributed by atoms with Gasteiger partial charge in [-0.15, -0.1) is 0 Å². The number of halogens is 4. The molecule has 0 saturated carbocycles. The standard InChI is InChI=1S/C34H36ClF3N6O2/c1-21-15-32(25-5-3-6-26(35)28(21)25)10-7-24-27(16-32)40-31(46-20-33-9-4-12-43(33)19-34(37,38)18-33)41-29(24)42-13-14-44(30(45)22(2)36)23(17-42)8-11-39/h3,5-6,15,23H,2,4,7-10,12-14,16-20H2,1H3/t23-,32-,33?/m0/s1. The number of carbonyl (C=O) groups is 1. The highest BCUT2D eigenvalue weighted by Gasteiger charge is 2.57. The molecule has 2 aromatic rings. The van der Waals surface area contributed by atoms with Gasteiger partial charge < -0.3 is 14.5 Å². The first-order valence-electron chi connectivity index (χ1n) is 15.9. The van der Waals surface area contributed by atoms with E-state index in [1.54, 1.807) is 0 Å². The number of aromatic nitrogens is 2. The number of hydrogen-bond donors (Lipinski definition) is 0. The minimum atomic E-state index is -2.77. The normalized spacial score (nSPS) is 28.0. The van der Waals surface area contributed by atoms with Gasteiger partial charge in [0.25, 0.3) is 11.8 Å². The Bertz CT molecular complexity index is 1690. The average molecular weight is 653 g/mol. The molecule has 2 aliphatic carbocycles. The molecule has 46 heavy (non-hydrogen) atoms. The largest absolute Gasteiger partial charge is 0.461 e. The number of fused-ring (bicyclic) bond motifs is 4. The van der Waals surface area contributed by atoms with E-state index in [0.717, 1.165) is 40.8 Å². The van der Waals surface area contributed by atoms with Crippen LogP contribution in [0.15, 0.2) is 36.7 Å². The van der Waals surface area contributed by atoms with Crippen LogP contribution in [0.5, 0.6) is 6.01 Å². The lowest BCUT2D eigenvalue weighted by atomic mass is 9.70. The number of nitrogens with zero attached hydrogens (tertiary/aromatic N) is 6. The van der Waals surface area contributed by atoms with E-state index in [2.05, 4.69) is 31.7 Å². The van der Waals surface area contributed by atoms with Gasteiger partial charge in [-0.2, -0.15) is 15.2 Å². The molecule has 12 heteroatoms. The lowest BCUT2D eigenvalue weighted by Crippen LogP contribution is -2.55. The summed E-state index contributed by atoms with van der Waals surface area (Å²) in [6.45, 7) is 6.45. The molecule has 3 aliphatic heterocycles. The van der Waals surface area contributed by atoms with Crippen LogP contribution in [-0.2, 0) is 23.1 Å². The second kappa shape index (κ2) is 11.3. The molecule has 1 amide bonds. The van der Waals surface area contributed by atoms with Crippen molar-refractivity contribution in [2.75, 3.05) is 44.2 Å². The highest BCUT2D eigenvalue weighted by Crippen LogP contribution is 2.51. The molecular weight excluding hydrogens is 617 g/mol. The van der Waals surface area contributed by atoms with Crippen molar-refractivity contribution in [2.45, 2.75) is 74.8 Å². The van der Waals surface area contributed by atoms with Crippen molar-refractivity contribution in [3.8, 4) is 12.1 Å². The first kappa shape index (κ1) is 31.0. The molecule has 242 valence electrons. The number of hydrogen-bond acceptors (Lipinski definition) is 7. The Kier molecular flexibility index (Phi) is 7.59. The van der Waals surface area contributed by atoms with Crippen molar-refractivity contribution in [3.63, 3.8) is 0 Å². The number of anilines is 1. The molecule has 8 nitrogen and oxygen atoms in total. The van der Waals surface area contributed by atoms with Crippen molar-refractivity contribution < 1.29 is 22.7 Å². The number of nitriles is 1. The quantitative estimate of drug-likeness (QED) is 0.374. The van der Waals surface area contributed by atoms with Gasteiger partial charge in [-0.05, 0) is 61.9 Å². The van der Waals surface area contributed by atoms with Crippen molar-refractivity contribution in [1.29, 1.82) is 5.26 Å². The lowest BCUT2D eigenvalue weighted by molar-refractivity contribution is -0.131. The number of rotatable bonds is 6. The van der Waals surface area contributed by atoms with Crippen LogP contribution < -0.4 is 9.64 Å². The minimum absolute atomic E-state index is 0.0173. The average Bonchev–Trinajstić information content (AvgIpc) is 3.60. The molecule has 1 spiro atoms. The molecule has 0 bridgehead atoms. The third-order valence-corrected chi connectivity index (χ3v) is 10.9. The summed E-state index contributed by atoms with van der Waals surface area (Å²) in [4.78, 5) is 27.6. The second-order valence-electron chi connectivity index (χ2n) is 13.5. The number of alkyl halides is 2. The zero-order chi connectivity index (χ0) is 32.4. The van der Waals surface area contributed by atoms with Crippen LogP contribution in [0.4, 0.5) is 19.0 Å². The third kappa shape index (κ3) is 5.14. The van der Waals surface area contributed by atoms with E-state index >= 15 is 0 Å². The van der Waals surface area contributed by atoms with E-state index in [-0.39, 0.29) is 50.5 Å². The van der Waals surface area contributed by atoms with Crippen LogP contribution >= 0.6 is 11.6 Å². The number of piperazine rings is 1. The smallest absolute Gasteiger partial charge is 0.318 e. The van der Waals surface area contributed by atoms with Crippen LogP contribution in [0.1, 0.15) is 61.4 Å². The Hall–Kier alpha value is -3.62. The third-order valence-electron chi connectivity index (χ3n) is 10.6. The molecule has 0 radical (unpaired) electrons. The highest BCUT2D eigenvalue weighted by atomic mass is 35.5. The van der Waals surface area contributed by atoms with E-state index in [1.165, 1.54) is 4.90 Å². The monoisotopic (exact) mass is 652 g/mol. The van der Waals surface area contributed by atoms with Gasteiger partial charge >= 0.3 is 6.01 Å². The Morgan fingerprint density at radius 2 is 2.07 bits per heavy atom. The van der Waals surface area contributed by atoms with E-state index < -0.39 is 29.2 Å². The molecular formula is C34H36ClF3N6O2. The van der Waals surface area contributed by atoms with E-state index in [0.29, 0.717) is 43.2 Å². The summed E-state index contributed by atoms with van der Waals surface area (Å²) in [5.74, 6) is -4.00. The fourth-order valence-corrected chi connectivity index (χ4v) is 8.96. The van der Waals surface area contributed by atoms with Crippen LogP contribution in [0.25, 0.3) is 5.57 Å². The maximum Gasteiger partial charge on any atom is 0.318 e. The fraction of sp³-hybridized carbons (Fsp3) is 0.529. The summed E-state index contributed by atoms with van der Waals surface area (Å²) in [6.07, 6.45) is 5.54. The Morgan fingerprint density at radius 1 is 1.24 bits per heavy atom. The van der Waals surface area contributed by atoms with Crippen LogP contribution in [0.2, 0.25) is 5.02 Å². The van der Waals surface area contributed by atoms with Gasteiger partial charge in [0.1, 0.15) is 12.4 Å². The van der Waals surface area contributed by atoms with Crippen molar-refractivity contribution in [3.05, 3.63) is 64.1 Å². The Morgan fingerprint density at radius 3 is 2.85 bits per heavy atom. The van der Waals surface area contributed by atoms with E-state index in [1.807, 2.05) is 21.9 Å². The van der Waals surface area contributed by atoms with Gasteiger partial charge in [-0.1, -0.05) is 36.4 Å². The summed E-state index contributed by atoms with van der Waals surface area (Å²) in [6, 6.07) is 7.67. The van der Waals surface area contributed by atoms with Gasteiger partial charge in [-0.25, -0.2) is 13.2 Å². The van der Waals surface area contributed by atoms with E-state index in [9.17, 15) is 23.2 Å². The summed E-state index contributed by atoms with van der Waals surface area (Å²) in [7, 11) is 0. The van der Waals surface area contributed by atoms with Crippen LogP contribution in [-0.4, -0.2) is 82.5 Å². The number of carbonyl (C=O) groups excluding carboxylic acids is 1. The molecule has 3 atom stereocenters. The Labute approximate surface area is 271 Å². The first-order chi connectivity index (χ1) is 21.9. The van der Waals surface area contributed by atoms with Gasteiger partial charge in [0.05, 0.1) is 36.3 Å². The molecule has 1 unspecified atom stereocenters. The molecule has 1 aromatic carbocycles. The van der Waals surface area contributed by atoms with Crippen LogP contribution in [0, 0.1) is 11.3 Å². The summed E-state index contributed by atoms with van der Waals surface area (Å²) < 4.78 is 49.2. The minimum Gasteiger partial charge on any atom is -0.461 e. The van der Waals surface area contributed by atoms with Gasteiger partial charge in [0, 0.05) is 48.5 Å². The fourth-order valence-electron chi connectivity index (χ4n) is 8.64. The maximum atomic E-state index is 14.5. The molecule has 4 heterocycles. The predicted octanol–water partition coefficient (Wildman–Crippen LogP) is 5.64. The van der Waals surface area contributed by atoms with Crippen molar-refractivity contribution in [1.82, 2.24) is 19.8 Å². The zero-order valence-electron chi connectivity index (χ0n) is 25.8. The summed E-state index contributed by atoms with van der Waals surface area (Å²) in [5.41, 5.74) is 4.02. The van der Waals surface area contributed by atoms with E-state index in [4.69, 9.17) is 26.3 Å². The predicted molar refractivity (Wildman–Crippen MR) is 168 cm³/mol. The van der Waals surface area contributed by atoms with Crippen molar-refractivity contribution >= 4 is 28.9 Å².